The first-order chi connectivity index (χ1) is 13.6. The predicted octanol–water partition coefficient (Wildman–Crippen LogP) is 3.54. The minimum atomic E-state index is -0.837. The van der Waals surface area contributed by atoms with Crippen LogP contribution in [0.15, 0.2) is 35.1 Å². The summed E-state index contributed by atoms with van der Waals surface area (Å²) in [5.74, 6) is 0.473. The number of carbonyl (C=O) groups excluding carboxylic acids is 1. The molecule has 3 rings (SSSR count). The fraction of sp³-hybridized carbons (Fsp3) is 0.389. The molecule has 1 aliphatic heterocycles. The van der Waals surface area contributed by atoms with Crippen molar-refractivity contribution in [3.63, 3.8) is 0 Å². The number of halogens is 1. The van der Waals surface area contributed by atoms with Gasteiger partial charge in [-0.25, -0.2) is 4.98 Å². The van der Waals surface area contributed by atoms with E-state index in [4.69, 9.17) is 9.47 Å². The maximum atomic E-state index is 11.8. The fourth-order valence-electron chi connectivity index (χ4n) is 3.19. The van der Waals surface area contributed by atoms with Crippen LogP contribution in [-0.2, 0) is 9.53 Å². The lowest BCUT2D eigenvalue weighted by Crippen LogP contribution is -2.29. The molecule has 10 heteroatoms. The minimum absolute atomic E-state index is 0.0396. The van der Waals surface area contributed by atoms with Crippen molar-refractivity contribution in [1.29, 1.82) is 0 Å². The normalized spacial score (nSPS) is 15.6. The van der Waals surface area contributed by atoms with E-state index in [1.54, 1.807) is 24.3 Å². The van der Waals surface area contributed by atoms with Gasteiger partial charge in [0.1, 0.15) is 12.1 Å². The van der Waals surface area contributed by atoms with E-state index in [1.807, 2.05) is 0 Å². The summed E-state index contributed by atoms with van der Waals surface area (Å²) in [6.45, 7) is 2.03. The molecule has 2 aromatic rings. The second kappa shape index (κ2) is 9.56. The predicted molar refractivity (Wildman–Crippen MR) is 103 cm³/mol. The third-order valence-electron chi connectivity index (χ3n) is 4.56. The molecule has 0 spiro atoms. The van der Waals surface area contributed by atoms with Gasteiger partial charge in [0, 0.05) is 4.47 Å². The summed E-state index contributed by atoms with van der Waals surface area (Å²) >= 11 is 3.32. The topological polar surface area (TPSA) is 116 Å². The summed E-state index contributed by atoms with van der Waals surface area (Å²) in [6, 6.07) is 6.81. The summed E-state index contributed by atoms with van der Waals surface area (Å²) in [4.78, 5) is 30.2. The molecule has 0 amide bonds. The molecule has 0 radical (unpaired) electrons. The van der Waals surface area contributed by atoms with Crippen LogP contribution in [0.1, 0.15) is 31.1 Å². The van der Waals surface area contributed by atoms with Crippen LogP contribution in [0.3, 0.4) is 0 Å². The first-order valence-electron chi connectivity index (χ1n) is 8.81. The van der Waals surface area contributed by atoms with Crippen molar-refractivity contribution in [2.75, 3.05) is 13.1 Å². The minimum Gasteiger partial charge on any atom is -0.458 e. The third-order valence-corrected chi connectivity index (χ3v) is 5.09. The lowest BCUT2D eigenvalue weighted by molar-refractivity contribution is -0.387. The van der Waals surface area contributed by atoms with Crippen molar-refractivity contribution in [2.45, 2.75) is 25.4 Å². The zero-order valence-electron chi connectivity index (χ0n) is 14.9. The van der Waals surface area contributed by atoms with Crippen LogP contribution in [0.5, 0.6) is 11.6 Å². The molecule has 1 unspecified atom stereocenters. The molecule has 1 aromatic heterocycles. The molecule has 0 bridgehead atoms. The Hall–Kier alpha value is -2.59. The highest BCUT2D eigenvalue weighted by Gasteiger charge is 2.33. The summed E-state index contributed by atoms with van der Waals surface area (Å²) in [6.07, 6.45) is 2.60. The molecule has 28 heavy (non-hydrogen) atoms. The molecule has 1 aromatic carbocycles. The van der Waals surface area contributed by atoms with Gasteiger partial charge in [0.15, 0.2) is 11.8 Å². The first kappa shape index (κ1) is 20.2. The molecule has 148 valence electrons. The number of nitrogens with zero attached hydrogens (tertiary/aromatic N) is 3. The number of carbonyl (C=O) groups is 1. The van der Waals surface area contributed by atoms with E-state index >= 15 is 0 Å². The molecule has 9 nitrogen and oxygen atoms in total. The second-order valence-electron chi connectivity index (χ2n) is 6.38. The smallest absolute Gasteiger partial charge is 0.356 e. The average molecular weight is 451 g/mol. The number of nitro groups is 1. The standard InChI is InChI=1S/C18H19BrN4O5/c19-13-1-3-14(4-2-13)28-18-17(23(25)26)16(21-10-22-18)15(27-11-24)9-12-5-7-20-8-6-12/h1-4,10-12,15,20H,5-9H2. The van der Waals surface area contributed by atoms with Gasteiger partial charge in [0.05, 0.1) is 4.92 Å². The number of hydrogen-bond acceptors (Lipinski definition) is 8. The first-order valence-corrected chi connectivity index (χ1v) is 9.60. The van der Waals surface area contributed by atoms with Gasteiger partial charge < -0.3 is 14.8 Å². The molecule has 1 fully saturated rings. The maximum absolute atomic E-state index is 11.8. The number of hydrogen-bond donors (Lipinski definition) is 1. The van der Waals surface area contributed by atoms with E-state index in [0.29, 0.717) is 18.6 Å². The van der Waals surface area contributed by atoms with Gasteiger partial charge in [-0.2, -0.15) is 4.98 Å². The van der Waals surface area contributed by atoms with E-state index in [0.717, 1.165) is 30.4 Å². The zero-order chi connectivity index (χ0) is 19.9. The Balaban J connectivity index is 1.92. The molecule has 1 saturated heterocycles. The summed E-state index contributed by atoms with van der Waals surface area (Å²) in [5, 5.41) is 15.0. The van der Waals surface area contributed by atoms with Crippen molar-refractivity contribution in [3.8, 4) is 11.6 Å². The van der Waals surface area contributed by atoms with Crippen molar-refractivity contribution in [3.05, 3.63) is 50.9 Å². The zero-order valence-corrected chi connectivity index (χ0v) is 16.5. The van der Waals surface area contributed by atoms with Gasteiger partial charge in [0.25, 0.3) is 6.47 Å². The number of benzene rings is 1. The molecular formula is C18H19BrN4O5. The van der Waals surface area contributed by atoms with Crippen LogP contribution in [0, 0.1) is 16.0 Å². The van der Waals surface area contributed by atoms with Crippen LogP contribution in [0.25, 0.3) is 0 Å². The highest BCUT2D eigenvalue weighted by atomic mass is 79.9. The van der Waals surface area contributed by atoms with Gasteiger partial charge in [0.2, 0.25) is 0 Å². The van der Waals surface area contributed by atoms with Gasteiger partial charge in [-0.3, -0.25) is 14.9 Å². The lowest BCUT2D eigenvalue weighted by Gasteiger charge is -2.25. The number of rotatable bonds is 8. The van der Waals surface area contributed by atoms with E-state index in [1.165, 1.54) is 6.33 Å². The van der Waals surface area contributed by atoms with Crippen molar-refractivity contribution in [2.24, 2.45) is 5.92 Å². The Morgan fingerprint density at radius 3 is 2.64 bits per heavy atom. The Kier molecular flexibility index (Phi) is 6.88. The van der Waals surface area contributed by atoms with Crippen molar-refractivity contribution < 1.29 is 19.2 Å². The quantitative estimate of drug-likeness (QED) is 0.368. The van der Waals surface area contributed by atoms with Crippen LogP contribution >= 0.6 is 15.9 Å². The van der Waals surface area contributed by atoms with Crippen LogP contribution in [-0.4, -0.2) is 34.5 Å². The van der Waals surface area contributed by atoms with Gasteiger partial charge in [-0.05, 0) is 62.5 Å². The van der Waals surface area contributed by atoms with E-state index in [-0.39, 0.29) is 17.5 Å². The molecule has 1 aliphatic rings. The van der Waals surface area contributed by atoms with E-state index < -0.39 is 16.7 Å². The average Bonchev–Trinajstić information content (AvgIpc) is 2.70. The van der Waals surface area contributed by atoms with Gasteiger partial charge in [-0.1, -0.05) is 15.9 Å². The molecule has 2 heterocycles. The number of aromatic nitrogens is 2. The monoisotopic (exact) mass is 450 g/mol. The van der Waals surface area contributed by atoms with Crippen LogP contribution in [0.4, 0.5) is 5.69 Å². The number of nitrogens with one attached hydrogen (secondary N) is 1. The third kappa shape index (κ3) is 5.02. The highest BCUT2D eigenvalue weighted by Crippen LogP contribution is 2.38. The van der Waals surface area contributed by atoms with E-state index in [9.17, 15) is 14.9 Å². The molecule has 0 aliphatic carbocycles. The van der Waals surface area contributed by atoms with Crippen molar-refractivity contribution >= 4 is 28.1 Å². The molecular weight excluding hydrogens is 432 g/mol. The Labute approximate surface area is 169 Å². The maximum Gasteiger partial charge on any atom is 0.356 e. The Morgan fingerprint density at radius 1 is 1.29 bits per heavy atom. The van der Waals surface area contributed by atoms with Gasteiger partial charge >= 0.3 is 11.6 Å². The second-order valence-corrected chi connectivity index (χ2v) is 7.29. The summed E-state index contributed by atoms with van der Waals surface area (Å²) < 4.78 is 11.6. The van der Waals surface area contributed by atoms with E-state index in [2.05, 4.69) is 31.2 Å². The molecule has 0 saturated carbocycles. The SMILES string of the molecule is O=COC(CC1CCNCC1)c1ncnc(Oc2ccc(Br)cc2)c1[N+](=O)[O-]. The number of ether oxygens (including phenoxy) is 2. The molecule has 1 N–H and O–H groups in total. The number of piperidine rings is 1. The largest absolute Gasteiger partial charge is 0.458 e. The fourth-order valence-corrected chi connectivity index (χ4v) is 3.45. The summed E-state index contributed by atoms with van der Waals surface area (Å²) in [5.41, 5.74) is -0.357. The van der Waals surface area contributed by atoms with Crippen LogP contribution in [0.2, 0.25) is 0 Å². The van der Waals surface area contributed by atoms with Crippen molar-refractivity contribution in [1.82, 2.24) is 15.3 Å². The Bertz CT molecular complexity index is 827. The highest BCUT2D eigenvalue weighted by molar-refractivity contribution is 9.10. The van der Waals surface area contributed by atoms with Crippen LogP contribution < -0.4 is 10.1 Å². The Morgan fingerprint density at radius 2 is 2.00 bits per heavy atom. The van der Waals surface area contributed by atoms with Gasteiger partial charge in [-0.15, -0.1) is 0 Å². The molecule has 1 atom stereocenters. The lowest BCUT2D eigenvalue weighted by atomic mass is 9.90. The summed E-state index contributed by atoms with van der Waals surface area (Å²) in [7, 11) is 0.